The molecule has 0 bridgehead atoms. The number of pyridine rings is 1. The number of hydrogen-bond acceptors (Lipinski definition) is 4. The summed E-state index contributed by atoms with van der Waals surface area (Å²) in [6, 6.07) is 3.94. The van der Waals surface area contributed by atoms with E-state index in [0.29, 0.717) is 12.4 Å². The topological polar surface area (TPSA) is 51.4 Å². The van der Waals surface area contributed by atoms with Crippen LogP contribution >= 0.6 is 0 Å². The van der Waals surface area contributed by atoms with Gasteiger partial charge in [-0.3, -0.25) is 0 Å². The molecule has 0 spiro atoms. The number of rotatable bonds is 7. The molecule has 4 nitrogen and oxygen atoms in total. The van der Waals surface area contributed by atoms with Gasteiger partial charge < -0.3 is 15.4 Å². The molecule has 0 aliphatic rings. The van der Waals surface area contributed by atoms with Gasteiger partial charge in [-0.15, -0.1) is 0 Å². The van der Waals surface area contributed by atoms with Crippen molar-refractivity contribution in [1.29, 1.82) is 0 Å². The highest BCUT2D eigenvalue weighted by Crippen LogP contribution is 2.18. The molecule has 0 saturated heterocycles. The molecule has 1 heterocycles. The number of anilines is 1. The Hall–Kier alpha value is -1.29. The highest BCUT2D eigenvalue weighted by Gasteiger charge is 2.06. The van der Waals surface area contributed by atoms with Crippen LogP contribution in [-0.2, 0) is 0 Å². The lowest BCUT2D eigenvalue weighted by molar-refractivity contribution is 0.398. The molecule has 1 aromatic rings. The Kier molecular flexibility index (Phi) is 5.64. The Labute approximate surface area is 97.4 Å². The zero-order chi connectivity index (χ0) is 11.8. The maximum absolute atomic E-state index is 5.62. The van der Waals surface area contributed by atoms with Crippen molar-refractivity contribution < 1.29 is 4.74 Å². The van der Waals surface area contributed by atoms with E-state index in [1.807, 2.05) is 12.1 Å². The van der Waals surface area contributed by atoms with Crippen LogP contribution < -0.4 is 15.4 Å². The lowest BCUT2D eigenvalue weighted by atomic mass is 10.2. The fraction of sp³-hybridized carbons (Fsp3) is 0.583. The quantitative estimate of drug-likeness (QED) is 0.763. The molecular formula is C12H21N3O. The summed E-state index contributed by atoms with van der Waals surface area (Å²) in [5.41, 5.74) is 6.75. The molecule has 0 radical (unpaired) electrons. The molecule has 16 heavy (non-hydrogen) atoms. The molecule has 1 aromatic heterocycles. The van der Waals surface area contributed by atoms with Gasteiger partial charge >= 0.3 is 0 Å². The lowest BCUT2D eigenvalue weighted by Gasteiger charge is -2.24. The maximum Gasteiger partial charge on any atom is 0.214 e. The van der Waals surface area contributed by atoms with Crippen molar-refractivity contribution in [3.8, 4) is 5.88 Å². The van der Waals surface area contributed by atoms with Crippen LogP contribution in [0.5, 0.6) is 5.88 Å². The number of nitrogens with zero attached hydrogens (tertiary/aromatic N) is 2. The van der Waals surface area contributed by atoms with Crippen molar-refractivity contribution in [1.82, 2.24) is 4.98 Å². The molecule has 0 aromatic carbocycles. The third-order valence-corrected chi connectivity index (χ3v) is 2.47. The fourth-order valence-electron chi connectivity index (χ4n) is 1.58. The fourth-order valence-corrected chi connectivity index (χ4v) is 1.58. The molecule has 1 rings (SSSR count). The highest BCUT2D eigenvalue weighted by atomic mass is 16.5. The van der Waals surface area contributed by atoms with Crippen molar-refractivity contribution in [3.05, 3.63) is 18.3 Å². The SMILES string of the molecule is CCCCN(CCN)c1ccnc(OC)c1. The predicted octanol–water partition coefficient (Wildman–Crippen LogP) is 1.66. The van der Waals surface area contributed by atoms with Gasteiger partial charge in [0, 0.05) is 37.6 Å². The molecule has 0 amide bonds. The molecule has 0 aliphatic carbocycles. The largest absolute Gasteiger partial charge is 0.481 e. The average molecular weight is 223 g/mol. The zero-order valence-corrected chi connectivity index (χ0v) is 10.1. The van der Waals surface area contributed by atoms with E-state index in [9.17, 15) is 0 Å². The van der Waals surface area contributed by atoms with E-state index in [0.717, 1.165) is 18.8 Å². The Morgan fingerprint density at radius 2 is 2.25 bits per heavy atom. The van der Waals surface area contributed by atoms with Gasteiger partial charge in [0.25, 0.3) is 0 Å². The Balaban J connectivity index is 2.73. The van der Waals surface area contributed by atoms with Gasteiger partial charge in [0.05, 0.1) is 7.11 Å². The second kappa shape index (κ2) is 7.06. The Morgan fingerprint density at radius 3 is 2.88 bits per heavy atom. The zero-order valence-electron chi connectivity index (χ0n) is 10.1. The third kappa shape index (κ3) is 3.70. The highest BCUT2D eigenvalue weighted by molar-refractivity contribution is 5.48. The van der Waals surface area contributed by atoms with Gasteiger partial charge in [-0.1, -0.05) is 13.3 Å². The summed E-state index contributed by atoms with van der Waals surface area (Å²) in [6.07, 6.45) is 4.12. The predicted molar refractivity (Wildman–Crippen MR) is 67.0 cm³/mol. The van der Waals surface area contributed by atoms with Crippen LogP contribution in [0.4, 0.5) is 5.69 Å². The maximum atomic E-state index is 5.62. The first-order chi connectivity index (χ1) is 7.81. The first-order valence-electron chi connectivity index (χ1n) is 5.76. The van der Waals surface area contributed by atoms with Crippen molar-refractivity contribution in [2.75, 3.05) is 31.6 Å². The number of ether oxygens (including phenoxy) is 1. The number of unbranched alkanes of at least 4 members (excludes halogenated alkanes) is 1. The normalized spacial score (nSPS) is 10.2. The van der Waals surface area contributed by atoms with E-state index in [-0.39, 0.29) is 0 Å². The Morgan fingerprint density at radius 1 is 1.44 bits per heavy atom. The average Bonchev–Trinajstić information content (AvgIpc) is 2.34. The van der Waals surface area contributed by atoms with E-state index >= 15 is 0 Å². The van der Waals surface area contributed by atoms with Crippen LogP contribution in [0.25, 0.3) is 0 Å². The molecule has 90 valence electrons. The monoisotopic (exact) mass is 223 g/mol. The lowest BCUT2D eigenvalue weighted by Crippen LogP contribution is -2.30. The molecule has 0 unspecified atom stereocenters. The molecule has 0 atom stereocenters. The minimum atomic E-state index is 0.649. The van der Waals surface area contributed by atoms with Crippen LogP contribution in [0.15, 0.2) is 18.3 Å². The summed E-state index contributed by atoms with van der Waals surface area (Å²) in [5, 5.41) is 0. The van der Waals surface area contributed by atoms with Gasteiger partial charge in [-0.25, -0.2) is 4.98 Å². The molecule has 4 heteroatoms. The molecule has 0 fully saturated rings. The number of hydrogen-bond donors (Lipinski definition) is 1. The summed E-state index contributed by atoms with van der Waals surface area (Å²) in [4.78, 5) is 6.37. The van der Waals surface area contributed by atoms with Crippen molar-refractivity contribution in [2.24, 2.45) is 5.73 Å². The molecule has 2 N–H and O–H groups in total. The number of aromatic nitrogens is 1. The molecular weight excluding hydrogens is 202 g/mol. The van der Waals surface area contributed by atoms with Crippen molar-refractivity contribution >= 4 is 5.69 Å². The van der Waals surface area contributed by atoms with Crippen LogP contribution in [-0.4, -0.2) is 31.7 Å². The van der Waals surface area contributed by atoms with Gasteiger partial charge in [-0.2, -0.15) is 0 Å². The van der Waals surface area contributed by atoms with Crippen LogP contribution in [0, 0.1) is 0 Å². The summed E-state index contributed by atoms with van der Waals surface area (Å²) >= 11 is 0. The van der Waals surface area contributed by atoms with E-state index in [1.165, 1.54) is 12.8 Å². The van der Waals surface area contributed by atoms with Crippen molar-refractivity contribution in [2.45, 2.75) is 19.8 Å². The van der Waals surface area contributed by atoms with E-state index in [2.05, 4.69) is 16.8 Å². The second-order valence-corrected chi connectivity index (χ2v) is 3.69. The van der Waals surface area contributed by atoms with E-state index in [4.69, 9.17) is 10.5 Å². The smallest absolute Gasteiger partial charge is 0.214 e. The minimum Gasteiger partial charge on any atom is -0.481 e. The van der Waals surface area contributed by atoms with Gasteiger partial charge in [-0.05, 0) is 12.5 Å². The first-order valence-corrected chi connectivity index (χ1v) is 5.76. The molecule has 0 saturated carbocycles. The summed E-state index contributed by atoms with van der Waals surface area (Å²) in [6.45, 7) is 4.75. The number of methoxy groups -OCH3 is 1. The third-order valence-electron chi connectivity index (χ3n) is 2.47. The minimum absolute atomic E-state index is 0.649. The summed E-state index contributed by atoms with van der Waals surface area (Å²) in [7, 11) is 1.63. The standard InChI is InChI=1S/C12H21N3O/c1-3-4-8-15(9-6-13)11-5-7-14-12(10-11)16-2/h5,7,10H,3-4,6,8-9,13H2,1-2H3. The van der Waals surface area contributed by atoms with E-state index < -0.39 is 0 Å². The summed E-state index contributed by atoms with van der Waals surface area (Å²) < 4.78 is 5.12. The number of nitrogens with two attached hydrogens (primary N) is 1. The summed E-state index contributed by atoms with van der Waals surface area (Å²) in [5.74, 6) is 0.649. The first kappa shape index (κ1) is 12.8. The van der Waals surface area contributed by atoms with Gasteiger partial charge in [0.2, 0.25) is 5.88 Å². The van der Waals surface area contributed by atoms with Gasteiger partial charge in [0.15, 0.2) is 0 Å². The Bertz CT molecular complexity index is 304. The van der Waals surface area contributed by atoms with Crippen LogP contribution in [0.3, 0.4) is 0 Å². The second-order valence-electron chi connectivity index (χ2n) is 3.69. The molecule has 0 aliphatic heterocycles. The van der Waals surface area contributed by atoms with Crippen LogP contribution in [0.1, 0.15) is 19.8 Å². The van der Waals surface area contributed by atoms with Gasteiger partial charge in [0.1, 0.15) is 0 Å². The van der Waals surface area contributed by atoms with Crippen molar-refractivity contribution in [3.63, 3.8) is 0 Å². The van der Waals surface area contributed by atoms with Crippen LogP contribution in [0.2, 0.25) is 0 Å². The van der Waals surface area contributed by atoms with E-state index in [1.54, 1.807) is 13.3 Å².